The Kier molecular flexibility index (Phi) is 20.5. The second kappa shape index (κ2) is 24.2. The van der Waals surface area contributed by atoms with Gasteiger partial charge in [0, 0.05) is 34.2 Å². The fourth-order valence-electron chi connectivity index (χ4n) is 6.99. The zero-order chi connectivity index (χ0) is 43.7. The number of carbonyl (C=O) groups excluding carboxylic acids is 1. The van der Waals surface area contributed by atoms with E-state index in [9.17, 15) is 30.3 Å². The molecular weight excluding hydrogens is 744 g/mol. The number of aliphatic hydroxyl groups excluding tert-OH is 5. The SMILES string of the molecule is CC.CC.CC.CC.COc1ccc([C@H]2Oc3c(c(OC)cc(CO)c3[C@H]3C(=O)[C@@H](c4ccc(OC)c(CO)c4)Oc4cc(CO)cc(OC)c43)C[C@@H]2O)cc1CO. The van der Waals surface area contributed by atoms with Crippen LogP contribution in [0.15, 0.2) is 54.6 Å². The van der Waals surface area contributed by atoms with Gasteiger partial charge in [-0.15, -0.1) is 0 Å². The van der Waals surface area contributed by atoms with Crippen LogP contribution in [0.3, 0.4) is 0 Å². The van der Waals surface area contributed by atoms with Gasteiger partial charge in [0.2, 0.25) is 0 Å². The van der Waals surface area contributed by atoms with Gasteiger partial charge in [-0.1, -0.05) is 67.5 Å². The third-order valence-electron chi connectivity index (χ3n) is 9.38. The van der Waals surface area contributed by atoms with Gasteiger partial charge in [-0.25, -0.2) is 0 Å². The van der Waals surface area contributed by atoms with Gasteiger partial charge in [-0.3, -0.25) is 4.79 Å². The third kappa shape index (κ3) is 10.0. The molecule has 4 atom stereocenters. The summed E-state index contributed by atoms with van der Waals surface area (Å²) in [4.78, 5) is 15.0. The van der Waals surface area contributed by atoms with Crippen molar-refractivity contribution in [1.82, 2.24) is 0 Å². The normalized spacial score (nSPS) is 17.2. The van der Waals surface area contributed by atoms with Crippen molar-refractivity contribution in [2.45, 2.75) is 112 Å². The Balaban J connectivity index is 0.00000137. The number of benzene rings is 4. The van der Waals surface area contributed by atoms with Crippen LogP contribution >= 0.6 is 0 Å². The first kappa shape index (κ1) is 49.3. The maximum Gasteiger partial charge on any atom is 0.190 e. The van der Waals surface area contributed by atoms with Gasteiger partial charge >= 0.3 is 0 Å². The molecule has 12 nitrogen and oxygen atoms in total. The third-order valence-corrected chi connectivity index (χ3v) is 9.38. The van der Waals surface area contributed by atoms with E-state index in [1.54, 1.807) is 54.6 Å². The lowest BCUT2D eigenvalue weighted by Gasteiger charge is -2.38. The Bertz CT molecular complexity index is 1910. The first-order valence-electron chi connectivity index (χ1n) is 20.0. The van der Waals surface area contributed by atoms with Crippen LogP contribution < -0.4 is 28.4 Å². The van der Waals surface area contributed by atoms with Crippen LogP contribution in [-0.2, 0) is 37.6 Å². The lowest BCUT2D eigenvalue weighted by atomic mass is 9.76. The largest absolute Gasteiger partial charge is 0.496 e. The van der Waals surface area contributed by atoms with E-state index < -0.39 is 36.6 Å². The molecule has 0 spiro atoms. The maximum atomic E-state index is 15.0. The quantitative estimate of drug-likeness (QED) is 0.100. The molecule has 0 amide bonds. The van der Waals surface area contributed by atoms with E-state index in [1.165, 1.54) is 28.4 Å². The molecule has 4 aromatic carbocycles. The Labute approximate surface area is 343 Å². The van der Waals surface area contributed by atoms with Gasteiger partial charge in [0.1, 0.15) is 40.6 Å². The molecule has 2 aliphatic heterocycles. The van der Waals surface area contributed by atoms with Gasteiger partial charge in [0.15, 0.2) is 11.9 Å². The summed E-state index contributed by atoms with van der Waals surface area (Å²) in [5.41, 5.74) is 3.96. The standard InChI is InChI=1S/C38H40O12.4C2H6/c1-45-27-7-5-20(11-22(27)16-40)36-26(43)14-25-29(47-3)13-24(18-42)32(38(25)50-36)34-33-30(48-4)9-19(15-39)10-31(33)49-37(35(34)44)21-6-8-28(46-2)23(12-21)17-41;4*1-2/h5-13,26,34,36-37,39-43H,14-18H2,1-4H3;4*1-2H3/t26-,34+,36+,37+;;;;/m0..../s1. The lowest BCUT2D eigenvalue weighted by Crippen LogP contribution is -2.35. The molecule has 0 saturated heterocycles. The minimum atomic E-state index is -1.19. The number of ketones is 1. The number of carbonyl (C=O) groups is 1. The zero-order valence-corrected chi connectivity index (χ0v) is 36.1. The number of rotatable bonds is 11. The molecule has 0 aliphatic carbocycles. The van der Waals surface area contributed by atoms with Crippen LogP contribution in [0.5, 0.6) is 34.5 Å². The predicted octanol–water partition coefficient (Wildman–Crippen LogP) is 7.67. The molecule has 0 aromatic heterocycles. The first-order valence-corrected chi connectivity index (χ1v) is 20.0. The Morgan fingerprint density at radius 3 is 1.60 bits per heavy atom. The van der Waals surface area contributed by atoms with Crippen LogP contribution in [-0.4, -0.2) is 65.9 Å². The van der Waals surface area contributed by atoms with Gasteiger partial charge in [0.25, 0.3) is 0 Å². The van der Waals surface area contributed by atoms with Gasteiger partial charge in [-0.2, -0.15) is 0 Å². The summed E-state index contributed by atoms with van der Waals surface area (Å²) in [7, 11) is 5.90. The van der Waals surface area contributed by atoms with Gasteiger partial charge in [0.05, 0.1) is 72.5 Å². The number of fused-ring (bicyclic) bond motifs is 2. The molecule has 5 N–H and O–H groups in total. The molecule has 0 saturated carbocycles. The summed E-state index contributed by atoms with van der Waals surface area (Å²) in [6, 6.07) is 15.0. The molecule has 0 unspecified atom stereocenters. The smallest absolute Gasteiger partial charge is 0.190 e. The summed E-state index contributed by atoms with van der Waals surface area (Å²) in [6.07, 6.45) is -3.10. The maximum absolute atomic E-state index is 15.0. The Morgan fingerprint density at radius 1 is 0.586 bits per heavy atom. The van der Waals surface area contributed by atoms with Crippen LogP contribution in [0.25, 0.3) is 0 Å². The van der Waals surface area contributed by atoms with E-state index >= 15 is 0 Å². The highest BCUT2D eigenvalue weighted by Gasteiger charge is 2.46. The molecule has 58 heavy (non-hydrogen) atoms. The van der Waals surface area contributed by atoms with Crippen molar-refractivity contribution in [2.75, 3.05) is 28.4 Å². The minimum absolute atomic E-state index is 0.0784. The number of hydrogen-bond donors (Lipinski definition) is 5. The van der Waals surface area contributed by atoms with Crippen molar-refractivity contribution < 1.29 is 58.7 Å². The number of methoxy groups -OCH3 is 4. The van der Waals surface area contributed by atoms with E-state index in [4.69, 9.17) is 28.4 Å². The molecule has 2 heterocycles. The monoisotopic (exact) mass is 808 g/mol. The van der Waals surface area contributed by atoms with Crippen molar-refractivity contribution in [3.8, 4) is 34.5 Å². The molecule has 4 aromatic rings. The van der Waals surface area contributed by atoms with Gasteiger partial charge in [-0.05, 0) is 59.2 Å². The van der Waals surface area contributed by atoms with Crippen LogP contribution in [0.2, 0.25) is 0 Å². The van der Waals surface area contributed by atoms with E-state index in [1.807, 2.05) is 55.4 Å². The van der Waals surface area contributed by atoms with Crippen molar-refractivity contribution in [3.05, 3.63) is 105 Å². The van der Waals surface area contributed by atoms with E-state index in [0.29, 0.717) is 67.3 Å². The van der Waals surface area contributed by atoms with Crippen LogP contribution in [0.4, 0.5) is 0 Å². The summed E-state index contributed by atoms with van der Waals surface area (Å²) in [6.45, 7) is 14.5. The number of ether oxygens (including phenoxy) is 6. The molecule has 0 fully saturated rings. The second-order valence-electron chi connectivity index (χ2n) is 12.1. The van der Waals surface area contributed by atoms with Gasteiger partial charge < -0.3 is 54.0 Å². The summed E-state index contributed by atoms with van der Waals surface area (Å²) < 4.78 is 35.3. The Hall–Kier alpha value is -4.85. The summed E-state index contributed by atoms with van der Waals surface area (Å²) in [5.74, 6) is 0.514. The van der Waals surface area contributed by atoms with E-state index in [-0.39, 0.29) is 43.5 Å². The second-order valence-corrected chi connectivity index (χ2v) is 12.1. The molecule has 0 bridgehead atoms. The highest BCUT2D eigenvalue weighted by molar-refractivity contribution is 5.98. The van der Waals surface area contributed by atoms with Crippen molar-refractivity contribution in [3.63, 3.8) is 0 Å². The van der Waals surface area contributed by atoms with Crippen LogP contribution in [0.1, 0.15) is 124 Å². The number of Topliss-reactive ketones (excluding diaryl/α,β-unsaturated/α-hetero) is 1. The molecular formula is C46H64O12. The molecule has 12 heteroatoms. The molecule has 6 rings (SSSR count). The number of hydrogen-bond acceptors (Lipinski definition) is 12. The Morgan fingerprint density at radius 2 is 1.10 bits per heavy atom. The average Bonchev–Trinajstić information content (AvgIpc) is 3.30. The zero-order valence-electron chi connectivity index (χ0n) is 36.1. The summed E-state index contributed by atoms with van der Waals surface area (Å²) in [5, 5.41) is 52.5. The highest BCUT2D eigenvalue weighted by atomic mass is 16.5. The van der Waals surface area contributed by atoms with Crippen molar-refractivity contribution in [2.24, 2.45) is 0 Å². The van der Waals surface area contributed by atoms with E-state index in [0.717, 1.165) is 0 Å². The van der Waals surface area contributed by atoms with Crippen molar-refractivity contribution in [1.29, 1.82) is 0 Å². The predicted molar refractivity (Wildman–Crippen MR) is 224 cm³/mol. The lowest BCUT2D eigenvalue weighted by molar-refractivity contribution is -0.128. The average molecular weight is 809 g/mol. The first-order chi connectivity index (χ1) is 28.2. The van der Waals surface area contributed by atoms with Crippen molar-refractivity contribution >= 4 is 5.78 Å². The molecule has 0 radical (unpaired) electrons. The summed E-state index contributed by atoms with van der Waals surface area (Å²) >= 11 is 0. The molecule has 2 aliphatic rings. The number of aliphatic hydroxyl groups is 5. The topological polar surface area (TPSA) is 174 Å². The van der Waals surface area contributed by atoms with E-state index in [2.05, 4.69) is 0 Å². The molecule has 320 valence electrons. The minimum Gasteiger partial charge on any atom is -0.496 e. The fourth-order valence-corrected chi connectivity index (χ4v) is 6.99. The van der Waals surface area contributed by atoms with Crippen LogP contribution in [0, 0.1) is 0 Å². The highest BCUT2D eigenvalue weighted by Crippen LogP contribution is 2.54. The fraction of sp³-hybridized carbons (Fsp3) is 0.457.